The molecule has 0 radical (unpaired) electrons. The van der Waals surface area contributed by atoms with Crippen molar-refractivity contribution in [2.75, 3.05) is 5.32 Å². The van der Waals surface area contributed by atoms with Crippen molar-refractivity contribution in [3.63, 3.8) is 0 Å². The number of hydrogen-bond acceptors (Lipinski definition) is 5. The molecule has 2 unspecified atom stereocenters. The Kier molecular flexibility index (Phi) is 4.69. The topological polar surface area (TPSA) is 75.4 Å². The van der Waals surface area contributed by atoms with E-state index in [1.165, 1.54) is 5.56 Å². The number of Topliss-reactive ketones (excluding diaryl/α,β-unsaturated/α-hetero) is 1. The molecule has 2 atom stereocenters. The molecule has 5 rings (SSSR count). The van der Waals surface area contributed by atoms with E-state index < -0.39 is 0 Å². The zero-order valence-electron chi connectivity index (χ0n) is 18.0. The van der Waals surface area contributed by atoms with Gasteiger partial charge in [-0.05, 0) is 42.0 Å². The maximum atomic E-state index is 13.5. The third-order valence-electron chi connectivity index (χ3n) is 6.57. The van der Waals surface area contributed by atoms with Crippen LogP contribution in [0.25, 0.3) is 0 Å². The number of carbonyl (C=O) groups is 1. The molecule has 2 aliphatic rings. The number of aromatic nitrogens is 1. The molecule has 3 aromatic rings. The van der Waals surface area contributed by atoms with Crippen LogP contribution in [0.15, 0.2) is 64.3 Å². The van der Waals surface area contributed by atoms with Gasteiger partial charge in [-0.15, -0.1) is 0 Å². The fourth-order valence-electron chi connectivity index (χ4n) is 4.93. The highest BCUT2D eigenvalue weighted by Gasteiger charge is 2.41. The Morgan fingerprint density at radius 1 is 1.10 bits per heavy atom. The molecule has 0 spiro atoms. The van der Waals surface area contributed by atoms with Gasteiger partial charge in [-0.25, -0.2) is 0 Å². The molecule has 1 aromatic heterocycles. The number of fused-ring (bicyclic) bond motifs is 1. The van der Waals surface area contributed by atoms with Gasteiger partial charge in [-0.1, -0.05) is 61.5 Å². The maximum Gasteiger partial charge on any atom is 0.233 e. The van der Waals surface area contributed by atoms with Crippen molar-refractivity contribution in [2.45, 2.75) is 51.4 Å². The molecule has 5 nitrogen and oxygen atoms in total. The maximum absolute atomic E-state index is 13.5. The van der Waals surface area contributed by atoms with Crippen LogP contribution in [0.5, 0.6) is 5.75 Å². The second-order valence-corrected chi connectivity index (χ2v) is 8.87. The van der Waals surface area contributed by atoms with E-state index in [4.69, 9.17) is 4.52 Å². The smallest absolute Gasteiger partial charge is 0.233 e. The number of phenols is 1. The van der Waals surface area contributed by atoms with Gasteiger partial charge >= 0.3 is 0 Å². The molecule has 2 aromatic carbocycles. The van der Waals surface area contributed by atoms with Gasteiger partial charge in [0.2, 0.25) is 5.88 Å². The number of carbonyl (C=O) groups excluding carboxylic acids is 1. The van der Waals surface area contributed by atoms with E-state index in [9.17, 15) is 9.90 Å². The summed E-state index contributed by atoms with van der Waals surface area (Å²) in [6.45, 7) is 6.27. The first-order chi connectivity index (χ1) is 14.9. The van der Waals surface area contributed by atoms with Crippen molar-refractivity contribution in [1.29, 1.82) is 0 Å². The summed E-state index contributed by atoms with van der Waals surface area (Å²) in [7, 11) is 0. The van der Waals surface area contributed by atoms with Crippen molar-refractivity contribution in [3.8, 4) is 5.75 Å². The number of rotatable bonds is 3. The third-order valence-corrected chi connectivity index (χ3v) is 6.57. The number of phenolic OH excluding ortho intramolecular Hbond substituents is 1. The molecule has 1 aliphatic heterocycles. The number of nitrogens with one attached hydrogen (secondary N) is 1. The fourth-order valence-corrected chi connectivity index (χ4v) is 4.93. The number of anilines is 1. The predicted molar refractivity (Wildman–Crippen MR) is 119 cm³/mol. The summed E-state index contributed by atoms with van der Waals surface area (Å²) in [4.78, 5) is 13.5. The number of hydrogen-bond donors (Lipinski definition) is 2. The van der Waals surface area contributed by atoms with Crippen molar-refractivity contribution < 1.29 is 14.4 Å². The number of allylic oxidation sites excluding steroid dienone is 2. The summed E-state index contributed by atoms with van der Waals surface area (Å²) >= 11 is 0. The number of benzene rings is 2. The zero-order chi connectivity index (χ0) is 21.7. The van der Waals surface area contributed by atoms with E-state index in [1.54, 1.807) is 12.1 Å². The van der Waals surface area contributed by atoms with Crippen LogP contribution in [0.4, 0.5) is 5.88 Å². The highest BCUT2D eigenvalue weighted by atomic mass is 16.5. The van der Waals surface area contributed by atoms with E-state index in [0.29, 0.717) is 24.6 Å². The molecule has 0 bridgehead atoms. The number of para-hydroxylation sites is 1. The Morgan fingerprint density at radius 3 is 2.55 bits per heavy atom. The Labute approximate surface area is 181 Å². The number of aromatic hydroxyl groups is 1. The lowest BCUT2D eigenvalue weighted by Gasteiger charge is -2.34. The van der Waals surface area contributed by atoms with E-state index in [1.807, 2.05) is 19.1 Å². The molecule has 1 aliphatic carbocycles. The molecule has 0 fully saturated rings. The third kappa shape index (κ3) is 3.25. The number of nitrogens with zero attached hydrogens (tertiary/aromatic N) is 1. The van der Waals surface area contributed by atoms with Crippen LogP contribution in [0, 0.1) is 6.92 Å². The van der Waals surface area contributed by atoms with E-state index in [0.717, 1.165) is 33.7 Å². The van der Waals surface area contributed by atoms with Crippen LogP contribution in [0.1, 0.15) is 72.4 Å². The van der Waals surface area contributed by atoms with Gasteiger partial charge in [0, 0.05) is 29.5 Å². The Balaban J connectivity index is 1.61. The highest BCUT2D eigenvalue weighted by Crippen LogP contribution is 2.49. The van der Waals surface area contributed by atoms with Gasteiger partial charge in [0.1, 0.15) is 5.75 Å². The highest BCUT2D eigenvalue weighted by molar-refractivity contribution is 6.01. The average molecular weight is 415 g/mol. The first kappa shape index (κ1) is 19.6. The largest absolute Gasteiger partial charge is 0.508 e. The standard InChI is InChI=1S/C26H26N2O3/c1-14(2)16-8-10-17(11-9-16)24-23-15(3)28-31-26(23)27-20-12-18(13-22(30)25(20)24)19-6-4-5-7-21(19)29/h4-11,14,18,24,27,29H,12-13H2,1-3H3. The molecule has 31 heavy (non-hydrogen) atoms. The molecule has 2 heterocycles. The van der Waals surface area contributed by atoms with Crippen molar-refractivity contribution >= 4 is 11.7 Å². The van der Waals surface area contributed by atoms with Gasteiger partial charge in [-0.3, -0.25) is 4.79 Å². The average Bonchev–Trinajstić information content (AvgIpc) is 3.13. The summed E-state index contributed by atoms with van der Waals surface area (Å²) in [5.74, 6) is 1.12. The van der Waals surface area contributed by atoms with Crippen LogP contribution >= 0.6 is 0 Å². The van der Waals surface area contributed by atoms with Gasteiger partial charge in [0.05, 0.1) is 11.3 Å². The predicted octanol–water partition coefficient (Wildman–Crippen LogP) is 5.77. The van der Waals surface area contributed by atoms with E-state index >= 15 is 0 Å². The molecule has 0 amide bonds. The first-order valence-electron chi connectivity index (χ1n) is 10.8. The minimum atomic E-state index is -0.198. The minimum Gasteiger partial charge on any atom is -0.508 e. The Hall–Kier alpha value is -3.34. The molecular weight excluding hydrogens is 388 g/mol. The molecule has 2 N–H and O–H groups in total. The van der Waals surface area contributed by atoms with Gasteiger partial charge in [0.15, 0.2) is 5.78 Å². The summed E-state index contributed by atoms with van der Waals surface area (Å²) < 4.78 is 5.59. The van der Waals surface area contributed by atoms with Gasteiger partial charge in [0.25, 0.3) is 0 Å². The Morgan fingerprint density at radius 2 is 1.84 bits per heavy atom. The SMILES string of the molecule is Cc1noc2c1C(c1ccc(C(C)C)cc1)C1=C(CC(c3ccccc3O)CC1=O)N2. The van der Waals surface area contributed by atoms with Crippen LogP contribution in [-0.2, 0) is 4.79 Å². The second-order valence-electron chi connectivity index (χ2n) is 8.87. The first-order valence-corrected chi connectivity index (χ1v) is 10.8. The van der Waals surface area contributed by atoms with Crippen LogP contribution < -0.4 is 5.32 Å². The lowest BCUT2D eigenvalue weighted by atomic mass is 9.72. The fraction of sp³-hybridized carbons (Fsp3) is 0.308. The van der Waals surface area contributed by atoms with Gasteiger partial charge in [-0.2, -0.15) is 0 Å². The quantitative estimate of drug-likeness (QED) is 0.569. The van der Waals surface area contributed by atoms with Crippen molar-refractivity contribution in [2.24, 2.45) is 0 Å². The van der Waals surface area contributed by atoms with Crippen LogP contribution in [0.2, 0.25) is 0 Å². The molecule has 158 valence electrons. The van der Waals surface area contributed by atoms with E-state index in [-0.39, 0.29) is 23.4 Å². The summed E-state index contributed by atoms with van der Waals surface area (Å²) in [5, 5.41) is 17.9. The monoisotopic (exact) mass is 414 g/mol. The number of aryl methyl sites for hydroxylation is 1. The summed E-state index contributed by atoms with van der Waals surface area (Å²) in [6.07, 6.45) is 1.01. The summed E-state index contributed by atoms with van der Waals surface area (Å²) in [6, 6.07) is 15.8. The van der Waals surface area contributed by atoms with Gasteiger partial charge < -0.3 is 14.9 Å². The molecule has 0 saturated carbocycles. The van der Waals surface area contributed by atoms with Crippen molar-refractivity contribution in [1.82, 2.24) is 5.16 Å². The van der Waals surface area contributed by atoms with E-state index in [2.05, 4.69) is 48.6 Å². The Bertz CT molecular complexity index is 1190. The normalized spacial score (nSPS) is 20.5. The molecule has 0 saturated heterocycles. The minimum absolute atomic E-state index is 0.0746. The molecular formula is C26H26N2O3. The lowest BCUT2D eigenvalue weighted by molar-refractivity contribution is -0.116. The summed E-state index contributed by atoms with van der Waals surface area (Å²) in [5.41, 5.74) is 6.53. The molecule has 5 heteroatoms. The zero-order valence-corrected chi connectivity index (χ0v) is 18.0. The lowest BCUT2D eigenvalue weighted by Crippen LogP contribution is -2.29. The van der Waals surface area contributed by atoms with Crippen LogP contribution in [-0.4, -0.2) is 16.0 Å². The number of ketones is 1. The van der Waals surface area contributed by atoms with Crippen LogP contribution in [0.3, 0.4) is 0 Å². The second kappa shape index (κ2) is 7.41. The van der Waals surface area contributed by atoms with Crippen molar-refractivity contribution in [3.05, 3.63) is 87.7 Å².